The Kier molecular flexibility index (Phi) is 6.93. The molecule has 8 atom stereocenters. The van der Waals surface area contributed by atoms with Gasteiger partial charge in [0, 0.05) is 29.6 Å². The van der Waals surface area contributed by atoms with E-state index in [0.29, 0.717) is 16.7 Å². The van der Waals surface area contributed by atoms with E-state index in [2.05, 4.69) is 0 Å². The van der Waals surface area contributed by atoms with Crippen LogP contribution in [0.4, 0.5) is 13.2 Å². The van der Waals surface area contributed by atoms with Gasteiger partial charge in [-0.2, -0.15) is 13.2 Å². The van der Waals surface area contributed by atoms with Crippen LogP contribution in [-0.4, -0.2) is 56.5 Å². The molecule has 0 bridgehead atoms. The summed E-state index contributed by atoms with van der Waals surface area (Å²) in [5.41, 5.74) is 1.93. The number of alkyl halides is 3. The summed E-state index contributed by atoms with van der Waals surface area (Å²) in [7, 11) is 0. The Morgan fingerprint density at radius 2 is 1.80 bits per heavy atom. The smallest absolute Gasteiger partial charge is 0.416 e. The summed E-state index contributed by atoms with van der Waals surface area (Å²) in [4.78, 5) is 26.3. The van der Waals surface area contributed by atoms with Crippen molar-refractivity contribution in [3.05, 3.63) is 58.7 Å². The van der Waals surface area contributed by atoms with Crippen molar-refractivity contribution in [3.8, 4) is 0 Å². The highest BCUT2D eigenvalue weighted by molar-refractivity contribution is 6.04. The van der Waals surface area contributed by atoms with Crippen LogP contribution in [0.2, 0.25) is 0 Å². The molecule has 0 saturated heterocycles. The number of hydrogen-bond acceptors (Lipinski definition) is 7. The van der Waals surface area contributed by atoms with E-state index in [9.17, 15) is 38.1 Å². The number of esters is 1. The summed E-state index contributed by atoms with van der Waals surface area (Å²) in [6, 6.07) is 3.71. The normalized spacial score (nSPS) is 38.1. The second kappa shape index (κ2) is 9.49. The number of rotatable bonds is 6. The number of aliphatic hydroxyl groups excluding tert-OH is 1. The molecule has 0 radical (unpaired) electrons. The van der Waals surface area contributed by atoms with Crippen LogP contribution in [-0.2, 0) is 26.9 Å². The van der Waals surface area contributed by atoms with Gasteiger partial charge in [-0.3, -0.25) is 9.59 Å². The van der Waals surface area contributed by atoms with Gasteiger partial charge in [0.1, 0.15) is 17.2 Å². The first-order chi connectivity index (χ1) is 18.9. The Labute approximate surface area is 237 Å². The minimum atomic E-state index is -4.43. The number of ether oxygens (including phenoxy) is 1. The fraction of sp³-hybridized carbons (Fsp3) is 0.613. The van der Waals surface area contributed by atoms with Crippen LogP contribution in [0.25, 0.3) is 0 Å². The lowest BCUT2D eigenvalue weighted by atomic mass is 9.60. The van der Waals surface area contributed by atoms with Crippen molar-refractivity contribution in [1.29, 1.82) is 0 Å². The Hall–Kier alpha value is -2.53. The molecule has 0 spiro atoms. The summed E-state index contributed by atoms with van der Waals surface area (Å²) >= 11 is 0. The lowest BCUT2D eigenvalue weighted by molar-refractivity contribution is -0.187. The fourth-order valence-corrected chi connectivity index (χ4v) is 8.15. The predicted molar refractivity (Wildman–Crippen MR) is 143 cm³/mol. The number of Topliss-reactive ketones (excluding diaryl/α,β-unsaturated/α-hetero) is 1. The number of aryl methyl sites for hydroxylation is 1. The molecule has 0 unspecified atom stereocenters. The van der Waals surface area contributed by atoms with E-state index < -0.39 is 76.1 Å². The van der Waals surface area contributed by atoms with Crippen molar-refractivity contribution >= 4 is 11.8 Å². The summed E-state index contributed by atoms with van der Waals surface area (Å²) in [5, 5.41) is 34.1. The van der Waals surface area contributed by atoms with Gasteiger partial charge < -0.3 is 25.8 Å². The lowest BCUT2D eigenvalue weighted by Gasteiger charge is -2.50. The molecule has 0 heterocycles. The van der Waals surface area contributed by atoms with Gasteiger partial charge in [-0.05, 0) is 60.9 Å². The minimum Gasteiger partial charge on any atom is -0.457 e. The molecular formula is C31H38F3NO6. The number of aliphatic hydroxyl groups is 3. The van der Waals surface area contributed by atoms with Crippen molar-refractivity contribution < 1.29 is 42.8 Å². The van der Waals surface area contributed by atoms with Crippen molar-refractivity contribution in [1.82, 2.24) is 0 Å². The van der Waals surface area contributed by atoms with E-state index in [1.54, 1.807) is 19.1 Å². The molecule has 7 nitrogen and oxygen atoms in total. The van der Waals surface area contributed by atoms with E-state index in [1.807, 2.05) is 20.8 Å². The minimum absolute atomic E-state index is 0.0961. The van der Waals surface area contributed by atoms with E-state index >= 15 is 0 Å². The highest BCUT2D eigenvalue weighted by atomic mass is 19.4. The van der Waals surface area contributed by atoms with Crippen LogP contribution in [0, 0.1) is 29.1 Å². The van der Waals surface area contributed by atoms with Crippen molar-refractivity contribution in [3.63, 3.8) is 0 Å². The number of benzene rings is 1. The average molecular weight is 578 g/mol. The number of hydrogen-bond donors (Lipinski definition) is 4. The highest BCUT2D eigenvalue weighted by Gasteiger charge is 2.83. The summed E-state index contributed by atoms with van der Waals surface area (Å²) < 4.78 is 44.7. The first-order valence-corrected chi connectivity index (χ1v) is 14.1. The van der Waals surface area contributed by atoms with Crippen molar-refractivity contribution in [2.24, 2.45) is 34.8 Å². The Morgan fingerprint density at radius 3 is 2.39 bits per heavy atom. The molecular weight excluding hydrogens is 539 g/mol. The maximum Gasteiger partial charge on any atom is 0.416 e. The van der Waals surface area contributed by atoms with Gasteiger partial charge in [-0.1, -0.05) is 45.1 Å². The molecule has 2 fully saturated rings. The average Bonchev–Trinajstić information content (AvgIpc) is 3.30. The Morgan fingerprint density at radius 1 is 1.17 bits per heavy atom. The SMILES string of the molecule is CC1=C[C@H]2[C@@]3(O)[C@H](C)C[C@]4(OC(=O)[C@@H](N)CCc5ccc(C(F)(F)F)cc5)[C@H]([C@@H]3C=C(CO)C[C@]2(O)C1=O)C4(C)C. The molecule has 224 valence electrons. The Balaban J connectivity index is 1.37. The van der Waals surface area contributed by atoms with Crippen LogP contribution in [0.15, 0.2) is 47.6 Å². The van der Waals surface area contributed by atoms with Crippen molar-refractivity contribution in [2.45, 2.75) is 82.4 Å². The highest BCUT2D eigenvalue weighted by Crippen LogP contribution is 2.76. The molecule has 0 aromatic heterocycles. The van der Waals surface area contributed by atoms with Gasteiger partial charge in [0.15, 0.2) is 5.78 Å². The molecule has 41 heavy (non-hydrogen) atoms. The molecule has 2 saturated carbocycles. The van der Waals surface area contributed by atoms with Gasteiger partial charge in [-0.15, -0.1) is 0 Å². The molecule has 10 heteroatoms. The molecule has 5 rings (SSSR count). The van der Waals surface area contributed by atoms with Gasteiger partial charge >= 0.3 is 12.1 Å². The molecule has 4 aliphatic rings. The van der Waals surface area contributed by atoms with E-state index in [1.165, 1.54) is 12.1 Å². The van der Waals surface area contributed by atoms with Crippen LogP contribution in [0.5, 0.6) is 0 Å². The van der Waals surface area contributed by atoms with Crippen LogP contribution >= 0.6 is 0 Å². The first-order valence-electron chi connectivity index (χ1n) is 14.1. The largest absolute Gasteiger partial charge is 0.457 e. The van der Waals surface area contributed by atoms with Gasteiger partial charge in [0.2, 0.25) is 0 Å². The predicted octanol–water partition coefficient (Wildman–Crippen LogP) is 3.49. The zero-order valence-electron chi connectivity index (χ0n) is 23.7. The number of nitrogens with two attached hydrogens (primary N) is 1. The lowest BCUT2D eigenvalue weighted by Crippen LogP contribution is -2.61. The van der Waals surface area contributed by atoms with E-state index in [-0.39, 0.29) is 31.6 Å². The Bertz CT molecular complexity index is 1320. The second-order valence-electron chi connectivity index (χ2n) is 13.1. The molecule has 0 amide bonds. The van der Waals surface area contributed by atoms with Crippen molar-refractivity contribution in [2.75, 3.05) is 6.61 Å². The third-order valence-corrected chi connectivity index (χ3v) is 10.5. The van der Waals surface area contributed by atoms with E-state index in [0.717, 1.165) is 12.1 Å². The third kappa shape index (κ3) is 4.32. The van der Waals surface area contributed by atoms with Gasteiger partial charge in [0.05, 0.1) is 17.8 Å². The number of carbonyl (C=O) groups excluding carboxylic acids is 2. The number of halogens is 3. The summed E-state index contributed by atoms with van der Waals surface area (Å²) in [6.45, 7) is 6.93. The second-order valence-corrected chi connectivity index (χ2v) is 13.1. The molecule has 1 aromatic rings. The monoisotopic (exact) mass is 577 g/mol. The maximum absolute atomic E-state index is 13.3. The number of fused-ring (bicyclic) bond motifs is 5. The van der Waals surface area contributed by atoms with Crippen LogP contribution in [0.3, 0.4) is 0 Å². The molecule has 5 N–H and O–H groups in total. The quantitative estimate of drug-likeness (QED) is 0.301. The van der Waals surface area contributed by atoms with E-state index in [4.69, 9.17) is 10.5 Å². The topological polar surface area (TPSA) is 130 Å². The molecule has 1 aromatic carbocycles. The zero-order valence-corrected chi connectivity index (χ0v) is 23.7. The molecule has 0 aliphatic heterocycles. The zero-order chi connectivity index (χ0) is 30.3. The standard InChI is InChI=1S/C31H38F3NO6/c1-16-11-23-28(39,25(16)37)14-19(15-36)12-21-24-27(3,4)29(24,13-17(2)30(21,23)40)41-26(38)22(35)10-7-18-5-8-20(9-6-18)31(32,33)34/h5-6,8-9,11-12,17,21-24,36,39-40H,7,10,13-15,35H2,1-4H3/t17-,21+,22+,23-,24-,28-,29+,30-/m1/s1. The van der Waals surface area contributed by atoms with Gasteiger partial charge in [-0.25, -0.2) is 0 Å². The number of carbonyl (C=O) groups is 2. The first kappa shape index (κ1) is 29.9. The number of ketones is 1. The maximum atomic E-state index is 13.3. The van der Waals surface area contributed by atoms with Crippen LogP contribution in [0.1, 0.15) is 58.1 Å². The summed E-state index contributed by atoms with van der Waals surface area (Å²) in [5.74, 6) is -3.46. The van der Waals surface area contributed by atoms with Crippen LogP contribution < -0.4 is 5.73 Å². The third-order valence-electron chi connectivity index (χ3n) is 10.5. The molecule has 4 aliphatic carbocycles. The fourth-order valence-electron chi connectivity index (χ4n) is 8.15. The van der Waals surface area contributed by atoms with Gasteiger partial charge in [0.25, 0.3) is 0 Å². The summed E-state index contributed by atoms with van der Waals surface area (Å²) in [6.07, 6.45) is -0.382.